The van der Waals surface area contributed by atoms with Gasteiger partial charge in [-0.2, -0.15) is 20.7 Å². The Morgan fingerprint density at radius 2 is 2.21 bits per heavy atom. The summed E-state index contributed by atoms with van der Waals surface area (Å²) in [6.07, 6.45) is 2.24. The van der Waals surface area contributed by atoms with Crippen LogP contribution in [0.3, 0.4) is 0 Å². The van der Waals surface area contributed by atoms with Crippen LogP contribution in [0, 0.1) is 11.3 Å². The van der Waals surface area contributed by atoms with Gasteiger partial charge in [0, 0.05) is 0 Å². The van der Waals surface area contributed by atoms with Gasteiger partial charge in [0.2, 0.25) is 0 Å². The number of H-pyrrole nitrogens is 1. The number of carbonyl (C=O) groups is 1. The predicted molar refractivity (Wildman–Crippen MR) is 68.0 cm³/mol. The van der Waals surface area contributed by atoms with Crippen molar-refractivity contribution >= 4 is 5.91 Å². The van der Waals surface area contributed by atoms with Gasteiger partial charge in [0.1, 0.15) is 6.04 Å². The highest BCUT2D eigenvalue weighted by atomic mass is 16.2. The molecule has 0 saturated heterocycles. The smallest absolute Gasteiger partial charge is 0.274 e. The molecule has 0 aliphatic rings. The van der Waals surface area contributed by atoms with Gasteiger partial charge in [0.05, 0.1) is 12.3 Å². The van der Waals surface area contributed by atoms with Gasteiger partial charge in [-0.3, -0.25) is 4.79 Å². The van der Waals surface area contributed by atoms with E-state index in [1.807, 2.05) is 24.3 Å². The predicted octanol–water partition coefficient (Wildman–Crippen LogP) is 1.36. The van der Waals surface area contributed by atoms with E-state index in [0.717, 1.165) is 12.0 Å². The molecule has 19 heavy (non-hydrogen) atoms. The van der Waals surface area contributed by atoms with Gasteiger partial charge >= 0.3 is 0 Å². The number of aromatic nitrogens is 3. The summed E-state index contributed by atoms with van der Waals surface area (Å²) in [6.45, 7) is 2.06. The minimum atomic E-state index is -0.699. The SMILES string of the molecule is CCc1ccc(C(C#N)NC(=O)c2cn[nH]n2)cc1. The number of aryl methyl sites for hydroxylation is 1. The number of nitrogens with zero attached hydrogens (tertiary/aromatic N) is 3. The fraction of sp³-hybridized carbons (Fsp3) is 0.231. The van der Waals surface area contributed by atoms with Crippen molar-refractivity contribution in [2.45, 2.75) is 19.4 Å². The van der Waals surface area contributed by atoms with Crippen molar-refractivity contribution in [3.8, 4) is 6.07 Å². The zero-order chi connectivity index (χ0) is 13.7. The quantitative estimate of drug-likeness (QED) is 0.862. The van der Waals surface area contributed by atoms with Gasteiger partial charge in [-0.15, -0.1) is 0 Å². The molecule has 0 bridgehead atoms. The fourth-order valence-electron chi connectivity index (χ4n) is 1.65. The van der Waals surface area contributed by atoms with Crippen molar-refractivity contribution < 1.29 is 4.79 Å². The lowest BCUT2D eigenvalue weighted by atomic mass is 10.0. The van der Waals surface area contributed by atoms with Crippen molar-refractivity contribution in [1.82, 2.24) is 20.7 Å². The zero-order valence-corrected chi connectivity index (χ0v) is 10.4. The molecule has 2 rings (SSSR count). The van der Waals surface area contributed by atoms with Crippen molar-refractivity contribution in [1.29, 1.82) is 5.26 Å². The maximum atomic E-state index is 11.8. The zero-order valence-electron chi connectivity index (χ0n) is 10.4. The van der Waals surface area contributed by atoms with E-state index in [9.17, 15) is 4.79 Å². The summed E-state index contributed by atoms with van der Waals surface area (Å²) < 4.78 is 0. The topological polar surface area (TPSA) is 94.5 Å². The van der Waals surface area contributed by atoms with Crippen LogP contribution in [0.15, 0.2) is 30.5 Å². The van der Waals surface area contributed by atoms with Crippen LogP contribution in [0.2, 0.25) is 0 Å². The van der Waals surface area contributed by atoms with Crippen LogP contribution in [0.5, 0.6) is 0 Å². The van der Waals surface area contributed by atoms with E-state index in [0.29, 0.717) is 0 Å². The molecule has 6 nitrogen and oxygen atoms in total. The van der Waals surface area contributed by atoms with Gasteiger partial charge < -0.3 is 5.32 Å². The Morgan fingerprint density at radius 1 is 1.47 bits per heavy atom. The molecule has 1 atom stereocenters. The number of hydrogen-bond donors (Lipinski definition) is 2. The molecule has 0 radical (unpaired) electrons. The summed E-state index contributed by atoms with van der Waals surface area (Å²) in [5, 5.41) is 21.3. The number of benzene rings is 1. The van der Waals surface area contributed by atoms with Gasteiger partial charge in [0.25, 0.3) is 5.91 Å². The Kier molecular flexibility index (Phi) is 3.88. The Hall–Kier alpha value is -2.68. The summed E-state index contributed by atoms with van der Waals surface area (Å²) in [7, 11) is 0. The normalized spacial score (nSPS) is 11.6. The number of amides is 1. The van der Waals surface area contributed by atoms with E-state index in [1.54, 1.807) is 0 Å². The highest BCUT2D eigenvalue weighted by Crippen LogP contribution is 2.14. The molecule has 96 valence electrons. The average Bonchev–Trinajstić information content (AvgIpc) is 2.99. The van der Waals surface area contributed by atoms with Gasteiger partial charge in [-0.1, -0.05) is 31.2 Å². The van der Waals surface area contributed by atoms with Crippen LogP contribution in [-0.4, -0.2) is 21.3 Å². The lowest BCUT2D eigenvalue weighted by Gasteiger charge is -2.11. The molecule has 1 aromatic carbocycles. The monoisotopic (exact) mass is 255 g/mol. The summed E-state index contributed by atoms with van der Waals surface area (Å²) in [5.41, 5.74) is 2.09. The number of nitriles is 1. The number of hydrogen-bond acceptors (Lipinski definition) is 4. The minimum absolute atomic E-state index is 0.158. The second kappa shape index (κ2) is 5.78. The molecule has 0 fully saturated rings. The number of aromatic amines is 1. The third-order valence-electron chi connectivity index (χ3n) is 2.77. The van der Waals surface area contributed by atoms with Crippen LogP contribution in [0.4, 0.5) is 0 Å². The lowest BCUT2D eigenvalue weighted by molar-refractivity contribution is 0.0940. The van der Waals surface area contributed by atoms with Crippen molar-refractivity contribution in [2.75, 3.05) is 0 Å². The molecule has 0 aliphatic heterocycles. The Morgan fingerprint density at radius 3 is 2.74 bits per heavy atom. The van der Waals surface area contributed by atoms with E-state index in [2.05, 4.69) is 33.7 Å². The van der Waals surface area contributed by atoms with Crippen LogP contribution < -0.4 is 5.32 Å². The standard InChI is InChI=1S/C13H13N5O/c1-2-9-3-5-10(6-4-9)11(7-14)16-13(19)12-8-15-18-17-12/h3-6,8,11H,2H2,1H3,(H,16,19)(H,15,17,18). The van der Waals surface area contributed by atoms with Gasteiger partial charge in [-0.05, 0) is 17.5 Å². The first-order chi connectivity index (χ1) is 9.24. The van der Waals surface area contributed by atoms with E-state index in [1.165, 1.54) is 11.8 Å². The largest absolute Gasteiger partial charge is 0.331 e. The third kappa shape index (κ3) is 2.96. The van der Waals surface area contributed by atoms with Crippen LogP contribution in [-0.2, 0) is 6.42 Å². The molecule has 6 heteroatoms. The number of nitrogens with one attached hydrogen (secondary N) is 2. The summed E-state index contributed by atoms with van der Waals surface area (Å²) in [5.74, 6) is -0.431. The fourth-order valence-corrected chi connectivity index (χ4v) is 1.65. The number of rotatable bonds is 4. The molecule has 2 aromatic rings. The highest BCUT2D eigenvalue weighted by molar-refractivity contribution is 5.92. The first-order valence-electron chi connectivity index (χ1n) is 5.89. The highest BCUT2D eigenvalue weighted by Gasteiger charge is 2.16. The summed E-state index contributed by atoms with van der Waals surface area (Å²) >= 11 is 0. The van der Waals surface area contributed by atoms with Gasteiger partial charge in [-0.25, -0.2) is 0 Å². The molecular formula is C13H13N5O. The molecule has 0 spiro atoms. The van der Waals surface area contributed by atoms with Gasteiger partial charge in [0.15, 0.2) is 5.69 Å². The second-order valence-corrected chi connectivity index (χ2v) is 3.99. The third-order valence-corrected chi connectivity index (χ3v) is 2.77. The first-order valence-corrected chi connectivity index (χ1v) is 5.89. The minimum Gasteiger partial charge on any atom is -0.331 e. The van der Waals surface area contributed by atoms with E-state index >= 15 is 0 Å². The second-order valence-electron chi connectivity index (χ2n) is 3.99. The van der Waals surface area contributed by atoms with E-state index in [-0.39, 0.29) is 5.69 Å². The molecule has 0 saturated carbocycles. The van der Waals surface area contributed by atoms with E-state index in [4.69, 9.17) is 5.26 Å². The Labute approximate surface area is 110 Å². The maximum Gasteiger partial charge on any atom is 0.274 e. The van der Waals surface area contributed by atoms with Crippen molar-refractivity contribution in [2.24, 2.45) is 0 Å². The van der Waals surface area contributed by atoms with Crippen LogP contribution in [0.1, 0.15) is 34.6 Å². The molecule has 0 aliphatic carbocycles. The van der Waals surface area contributed by atoms with Crippen molar-refractivity contribution in [3.63, 3.8) is 0 Å². The molecular weight excluding hydrogens is 242 g/mol. The Bertz CT molecular complexity index is 582. The van der Waals surface area contributed by atoms with Crippen LogP contribution >= 0.6 is 0 Å². The summed E-state index contributed by atoms with van der Waals surface area (Å²) in [4.78, 5) is 11.8. The molecule has 1 aromatic heterocycles. The average molecular weight is 255 g/mol. The van der Waals surface area contributed by atoms with Crippen molar-refractivity contribution in [3.05, 3.63) is 47.3 Å². The maximum absolute atomic E-state index is 11.8. The first kappa shape index (κ1) is 12.8. The molecule has 1 heterocycles. The molecule has 1 amide bonds. The Balaban J connectivity index is 2.12. The molecule has 2 N–H and O–H groups in total. The van der Waals surface area contributed by atoms with Crippen LogP contribution in [0.25, 0.3) is 0 Å². The molecule has 1 unspecified atom stereocenters. The lowest BCUT2D eigenvalue weighted by Crippen LogP contribution is -2.27. The van der Waals surface area contributed by atoms with E-state index < -0.39 is 11.9 Å². The summed E-state index contributed by atoms with van der Waals surface area (Å²) in [6, 6.07) is 8.94. The number of carbonyl (C=O) groups excluding carboxylic acids is 1.